The van der Waals surface area contributed by atoms with Gasteiger partial charge in [0.2, 0.25) is 0 Å². The summed E-state index contributed by atoms with van der Waals surface area (Å²) in [6.45, 7) is 12.7. The van der Waals surface area contributed by atoms with Gasteiger partial charge in [-0.2, -0.15) is 0 Å². The van der Waals surface area contributed by atoms with E-state index in [1.165, 1.54) is 14.2 Å². The third-order valence-electron chi connectivity index (χ3n) is 4.87. The number of methoxy groups -OCH3 is 2. The van der Waals surface area contributed by atoms with E-state index in [0.717, 1.165) is 0 Å². The minimum absolute atomic E-state index is 0.103. The molecule has 0 bridgehead atoms. The lowest BCUT2D eigenvalue weighted by atomic mass is 9.56. The Morgan fingerprint density at radius 3 is 1.87 bits per heavy atom. The van der Waals surface area contributed by atoms with Crippen molar-refractivity contribution in [2.75, 3.05) is 27.4 Å². The summed E-state index contributed by atoms with van der Waals surface area (Å²) < 4.78 is 16.0. The standard InChI is InChI=1S/C18H32O5/c1-15(2,3)9-17(13(19)21-7)10-18(12-23-11-17,14(20)22-8)16(4,5)6/h9-12H2,1-8H3. The summed E-state index contributed by atoms with van der Waals surface area (Å²) in [5, 5.41) is 0. The molecule has 1 heterocycles. The maximum absolute atomic E-state index is 12.6. The molecule has 134 valence electrons. The predicted octanol–water partition coefficient (Wildman–Crippen LogP) is 3.21. The second-order valence-electron chi connectivity index (χ2n) is 9.00. The second-order valence-corrected chi connectivity index (χ2v) is 9.00. The first-order valence-corrected chi connectivity index (χ1v) is 8.08. The molecule has 0 aromatic heterocycles. The van der Waals surface area contributed by atoms with Gasteiger partial charge in [-0.3, -0.25) is 9.59 Å². The predicted molar refractivity (Wildman–Crippen MR) is 87.9 cm³/mol. The summed E-state index contributed by atoms with van der Waals surface area (Å²) in [4.78, 5) is 25.3. The van der Waals surface area contributed by atoms with Gasteiger partial charge in [-0.1, -0.05) is 41.5 Å². The zero-order valence-corrected chi connectivity index (χ0v) is 15.9. The number of carbonyl (C=O) groups is 2. The molecule has 0 aliphatic carbocycles. The largest absolute Gasteiger partial charge is 0.469 e. The molecular weight excluding hydrogens is 296 g/mol. The molecule has 1 aliphatic heterocycles. The Balaban J connectivity index is 3.39. The summed E-state index contributed by atoms with van der Waals surface area (Å²) in [5.41, 5.74) is -2.22. The maximum Gasteiger partial charge on any atom is 0.314 e. The van der Waals surface area contributed by atoms with E-state index in [1.54, 1.807) is 0 Å². The number of hydrogen-bond donors (Lipinski definition) is 0. The molecule has 1 fully saturated rings. The number of hydrogen-bond acceptors (Lipinski definition) is 5. The molecular formula is C18H32O5. The van der Waals surface area contributed by atoms with Gasteiger partial charge in [0.25, 0.3) is 0 Å². The van der Waals surface area contributed by atoms with Crippen LogP contribution < -0.4 is 0 Å². The molecule has 2 atom stereocenters. The van der Waals surface area contributed by atoms with Crippen LogP contribution in [-0.2, 0) is 23.8 Å². The highest BCUT2D eigenvalue weighted by Crippen LogP contribution is 2.54. The molecule has 0 N–H and O–H groups in total. The third-order valence-corrected chi connectivity index (χ3v) is 4.87. The van der Waals surface area contributed by atoms with E-state index in [1.807, 2.05) is 20.8 Å². The Bertz CT molecular complexity index is 457. The van der Waals surface area contributed by atoms with Gasteiger partial charge in [0, 0.05) is 0 Å². The normalized spacial score (nSPS) is 29.0. The first-order valence-electron chi connectivity index (χ1n) is 8.08. The molecule has 1 saturated heterocycles. The van der Waals surface area contributed by atoms with Crippen molar-refractivity contribution in [3.63, 3.8) is 0 Å². The van der Waals surface area contributed by atoms with Crippen molar-refractivity contribution in [3.05, 3.63) is 0 Å². The van der Waals surface area contributed by atoms with Gasteiger partial charge in [0.1, 0.15) is 0 Å². The Morgan fingerprint density at radius 1 is 0.957 bits per heavy atom. The van der Waals surface area contributed by atoms with Crippen molar-refractivity contribution in [1.82, 2.24) is 0 Å². The van der Waals surface area contributed by atoms with Gasteiger partial charge in [-0.25, -0.2) is 0 Å². The third kappa shape index (κ3) is 3.87. The van der Waals surface area contributed by atoms with E-state index < -0.39 is 16.2 Å². The quantitative estimate of drug-likeness (QED) is 0.745. The zero-order valence-electron chi connectivity index (χ0n) is 15.9. The number of carbonyl (C=O) groups excluding carboxylic acids is 2. The van der Waals surface area contributed by atoms with Crippen LogP contribution in [0.5, 0.6) is 0 Å². The molecule has 0 spiro atoms. The van der Waals surface area contributed by atoms with Gasteiger partial charge in [-0.15, -0.1) is 0 Å². The monoisotopic (exact) mass is 328 g/mol. The van der Waals surface area contributed by atoms with Gasteiger partial charge in [-0.05, 0) is 23.7 Å². The van der Waals surface area contributed by atoms with E-state index >= 15 is 0 Å². The molecule has 0 aromatic carbocycles. The molecule has 23 heavy (non-hydrogen) atoms. The van der Waals surface area contributed by atoms with Crippen LogP contribution in [0.3, 0.4) is 0 Å². The van der Waals surface area contributed by atoms with Crippen molar-refractivity contribution in [2.45, 2.75) is 54.4 Å². The highest BCUT2D eigenvalue weighted by atomic mass is 16.5. The minimum atomic E-state index is -0.876. The number of ether oxygens (including phenoxy) is 3. The fourth-order valence-corrected chi connectivity index (χ4v) is 3.76. The van der Waals surface area contributed by atoms with E-state index in [-0.39, 0.29) is 30.6 Å². The van der Waals surface area contributed by atoms with E-state index in [2.05, 4.69) is 20.8 Å². The van der Waals surface area contributed by atoms with Crippen LogP contribution in [0.15, 0.2) is 0 Å². The van der Waals surface area contributed by atoms with Crippen LogP contribution in [0.4, 0.5) is 0 Å². The van der Waals surface area contributed by atoms with Crippen molar-refractivity contribution in [3.8, 4) is 0 Å². The summed E-state index contributed by atoms with van der Waals surface area (Å²) >= 11 is 0. The molecule has 0 amide bonds. The molecule has 0 radical (unpaired) electrons. The van der Waals surface area contributed by atoms with E-state index in [0.29, 0.717) is 12.8 Å². The number of rotatable bonds is 3. The van der Waals surface area contributed by atoms with Crippen molar-refractivity contribution in [2.24, 2.45) is 21.7 Å². The van der Waals surface area contributed by atoms with Crippen LogP contribution in [-0.4, -0.2) is 39.4 Å². The summed E-state index contributed by atoms with van der Waals surface area (Å²) in [6.07, 6.45) is 0.960. The van der Waals surface area contributed by atoms with Crippen LogP contribution in [0.25, 0.3) is 0 Å². The highest BCUT2D eigenvalue weighted by molar-refractivity contribution is 5.82. The van der Waals surface area contributed by atoms with Crippen molar-refractivity contribution >= 4 is 11.9 Å². The molecule has 0 saturated carbocycles. The average Bonchev–Trinajstić information content (AvgIpc) is 2.42. The Kier molecular flexibility index (Phi) is 5.57. The van der Waals surface area contributed by atoms with Crippen LogP contribution in [0, 0.1) is 21.7 Å². The van der Waals surface area contributed by atoms with Crippen LogP contribution in [0.1, 0.15) is 54.4 Å². The lowest BCUT2D eigenvalue weighted by Gasteiger charge is -2.51. The summed E-state index contributed by atoms with van der Waals surface area (Å²) in [6, 6.07) is 0. The fraction of sp³-hybridized carbons (Fsp3) is 0.889. The van der Waals surface area contributed by atoms with E-state index in [9.17, 15) is 9.59 Å². The first-order chi connectivity index (χ1) is 10.3. The Morgan fingerprint density at radius 2 is 1.48 bits per heavy atom. The molecule has 1 rings (SSSR count). The Hall–Kier alpha value is -1.10. The highest BCUT2D eigenvalue weighted by Gasteiger charge is 2.60. The fourth-order valence-electron chi connectivity index (χ4n) is 3.76. The van der Waals surface area contributed by atoms with Gasteiger partial charge >= 0.3 is 11.9 Å². The van der Waals surface area contributed by atoms with E-state index in [4.69, 9.17) is 14.2 Å². The van der Waals surface area contributed by atoms with Gasteiger partial charge in [0.15, 0.2) is 0 Å². The summed E-state index contributed by atoms with van der Waals surface area (Å²) in [5.74, 6) is -0.642. The second kappa shape index (κ2) is 6.42. The first kappa shape index (κ1) is 19.9. The minimum Gasteiger partial charge on any atom is -0.469 e. The van der Waals surface area contributed by atoms with Crippen LogP contribution in [0.2, 0.25) is 0 Å². The Labute approximate surface area is 140 Å². The summed E-state index contributed by atoms with van der Waals surface area (Å²) in [7, 11) is 2.77. The lowest BCUT2D eigenvalue weighted by molar-refractivity contribution is -0.199. The lowest BCUT2D eigenvalue weighted by Crippen LogP contribution is -2.58. The topological polar surface area (TPSA) is 61.8 Å². The molecule has 0 aromatic rings. The maximum atomic E-state index is 12.6. The number of esters is 2. The van der Waals surface area contributed by atoms with Crippen molar-refractivity contribution < 1.29 is 23.8 Å². The molecule has 5 heteroatoms. The molecule has 1 aliphatic rings. The SMILES string of the molecule is COC(=O)C1(CC(C)(C)C)COCC(C(=O)OC)(C(C)(C)C)C1. The molecule has 5 nitrogen and oxygen atoms in total. The van der Waals surface area contributed by atoms with Crippen LogP contribution >= 0.6 is 0 Å². The average molecular weight is 328 g/mol. The zero-order chi connectivity index (χ0) is 18.1. The molecule has 2 unspecified atom stereocenters. The van der Waals surface area contributed by atoms with Gasteiger partial charge < -0.3 is 14.2 Å². The van der Waals surface area contributed by atoms with Gasteiger partial charge in [0.05, 0.1) is 38.3 Å². The van der Waals surface area contributed by atoms with Crippen molar-refractivity contribution in [1.29, 1.82) is 0 Å². The smallest absolute Gasteiger partial charge is 0.314 e.